The van der Waals surface area contributed by atoms with Gasteiger partial charge in [0.1, 0.15) is 23.1 Å². The number of benzene rings is 1. The molecule has 1 aromatic heterocycles. The minimum Gasteiger partial charge on any atom is -0.486 e. The van der Waals surface area contributed by atoms with Gasteiger partial charge in [-0.25, -0.2) is 4.98 Å². The summed E-state index contributed by atoms with van der Waals surface area (Å²) in [6, 6.07) is 3.85. The highest BCUT2D eigenvalue weighted by atomic mass is 32.1. The van der Waals surface area contributed by atoms with Crippen molar-refractivity contribution >= 4 is 27.2 Å². The van der Waals surface area contributed by atoms with Crippen LogP contribution >= 0.6 is 11.3 Å². The Morgan fingerprint density at radius 2 is 2.31 bits per heavy atom. The molecule has 2 N–H and O–H groups in total. The van der Waals surface area contributed by atoms with E-state index in [0.717, 1.165) is 10.2 Å². The molecule has 0 bridgehead atoms. The van der Waals surface area contributed by atoms with Gasteiger partial charge in [0.15, 0.2) is 0 Å². The molecule has 0 saturated heterocycles. The Bertz CT molecular complexity index is 484. The van der Waals surface area contributed by atoms with E-state index in [9.17, 15) is 0 Å². The van der Waals surface area contributed by atoms with Crippen molar-refractivity contribution in [2.75, 3.05) is 19.5 Å². The maximum Gasteiger partial charge on any atom is 0.145 e. The Balaban J connectivity index is 2.27. The number of nitrogens with two attached hydrogens (primary N) is 1. The second-order valence-corrected chi connectivity index (χ2v) is 4.45. The van der Waals surface area contributed by atoms with E-state index in [0.29, 0.717) is 18.0 Å². The van der Waals surface area contributed by atoms with E-state index >= 15 is 0 Å². The summed E-state index contributed by atoms with van der Waals surface area (Å²) in [5.74, 6) is 0.669. The van der Waals surface area contributed by atoms with Crippen LogP contribution in [-0.4, -0.2) is 24.8 Å². The molecule has 1 atom stereocenters. The van der Waals surface area contributed by atoms with Crippen molar-refractivity contribution in [3.8, 4) is 5.75 Å². The Labute approximate surface area is 98.0 Å². The smallest absolute Gasteiger partial charge is 0.145 e. The molecule has 0 fully saturated rings. The van der Waals surface area contributed by atoms with Crippen molar-refractivity contribution in [1.82, 2.24) is 4.98 Å². The standard InChI is InChI=1S/C11H14N2O2S/c1-7(5-14-2)15-8-3-4-9-11(10(8)12)13-6-16-9/h3-4,6-7H,5,12H2,1-2H3. The third kappa shape index (κ3) is 2.10. The van der Waals surface area contributed by atoms with Gasteiger partial charge in [-0.3, -0.25) is 0 Å². The van der Waals surface area contributed by atoms with Crippen LogP contribution < -0.4 is 10.5 Å². The fourth-order valence-corrected chi connectivity index (χ4v) is 2.21. The van der Waals surface area contributed by atoms with Gasteiger partial charge >= 0.3 is 0 Å². The predicted molar refractivity (Wildman–Crippen MR) is 66.0 cm³/mol. The van der Waals surface area contributed by atoms with Crippen molar-refractivity contribution in [1.29, 1.82) is 0 Å². The Kier molecular flexibility index (Phi) is 3.26. The van der Waals surface area contributed by atoms with Crippen molar-refractivity contribution in [2.24, 2.45) is 0 Å². The number of methoxy groups -OCH3 is 1. The predicted octanol–water partition coefficient (Wildman–Crippen LogP) is 2.29. The summed E-state index contributed by atoms with van der Waals surface area (Å²) in [6.07, 6.45) is -0.0246. The van der Waals surface area contributed by atoms with E-state index in [2.05, 4.69) is 4.98 Å². The molecule has 2 rings (SSSR count). The van der Waals surface area contributed by atoms with E-state index < -0.39 is 0 Å². The van der Waals surface area contributed by atoms with Crippen LogP contribution in [0.15, 0.2) is 17.6 Å². The average Bonchev–Trinajstić information content (AvgIpc) is 2.71. The minimum absolute atomic E-state index is 0.0246. The van der Waals surface area contributed by atoms with Gasteiger partial charge in [0.05, 0.1) is 16.8 Å². The maximum atomic E-state index is 5.99. The van der Waals surface area contributed by atoms with E-state index in [1.807, 2.05) is 19.1 Å². The lowest BCUT2D eigenvalue weighted by molar-refractivity contribution is 0.0926. The Hall–Kier alpha value is -1.33. The highest BCUT2D eigenvalue weighted by Gasteiger charge is 2.10. The number of aromatic nitrogens is 1. The van der Waals surface area contributed by atoms with Crippen molar-refractivity contribution in [3.63, 3.8) is 0 Å². The number of thiazole rings is 1. The van der Waals surface area contributed by atoms with Crippen LogP contribution in [0.1, 0.15) is 6.92 Å². The molecule has 0 aliphatic carbocycles. The van der Waals surface area contributed by atoms with Crippen LogP contribution in [0.25, 0.3) is 10.2 Å². The molecule has 5 heteroatoms. The quantitative estimate of drug-likeness (QED) is 0.830. The lowest BCUT2D eigenvalue weighted by atomic mass is 10.2. The van der Waals surface area contributed by atoms with Gasteiger partial charge < -0.3 is 15.2 Å². The fourth-order valence-electron chi connectivity index (χ4n) is 1.52. The summed E-state index contributed by atoms with van der Waals surface area (Å²) in [4.78, 5) is 4.21. The summed E-state index contributed by atoms with van der Waals surface area (Å²) < 4.78 is 11.8. The van der Waals surface area contributed by atoms with Gasteiger partial charge in [0, 0.05) is 7.11 Å². The topological polar surface area (TPSA) is 57.4 Å². The molecule has 1 heterocycles. The zero-order valence-corrected chi connectivity index (χ0v) is 10.1. The summed E-state index contributed by atoms with van der Waals surface area (Å²) in [7, 11) is 1.65. The molecule has 0 amide bonds. The molecule has 0 saturated carbocycles. The van der Waals surface area contributed by atoms with Gasteiger partial charge in [-0.15, -0.1) is 11.3 Å². The van der Waals surface area contributed by atoms with Crippen LogP contribution in [0, 0.1) is 0 Å². The number of hydrogen-bond donors (Lipinski definition) is 1. The van der Waals surface area contributed by atoms with Gasteiger partial charge in [-0.2, -0.15) is 0 Å². The normalized spacial score (nSPS) is 12.9. The van der Waals surface area contributed by atoms with Crippen LogP contribution in [-0.2, 0) is 4.74 Å². The molecule has 1 aromatic carbocycles. The molecular weight excluding hydrogens is 224 g/mol. The van der Waals surface area contributed by atoms with Gasteiger partial charge in [-0.1, -0.05) is 0 Å². The molecule has 1 unspecified atom stereocenters. The van der Waals surface area contributed by atoms with Crippen LogP contribution in [0.2, 0.25) is 0 Å². The first-order chi connectivity index (χ1) is 7.72. The fraction of sp³-hybridized carbons (Fsp3) is 0.364. The Morgan fingerprint density at radius 3 is 3.06 bits per heavy atom. The summed E-state index contributed by atoms with van der Waals surface area (Å²) >= 11 is 1.57. The number of nitrogen functional groups attached to an aromatic ring is 1. The van der Waals surface area contributed by atoms with Crippen LogP contribution in [0.5, 0.6) is 5.75 Å². The molecule has 86 valence electrons. The van der Waals surface area contributed by atoms with Gasteiger partial charge in [0.2, 0.25) is 0 Å². The number of ether oxygens (including phenoxy) is 2. The van der Waals surface area contributed by atoms with Gasteiger partial charge in [0.25, 0.3) is 0 Å². The molecular formula is C11H14N2O2S. The van der Waals surface area contributed by atoms with E-state index in [4.69, 9.17) is 15.2 Å². The molecule has 0 aliphatic heterocycles. The summed E-state index contributed by atoms with van der Waals surface area (Å²) in [5, 5.41) is 0. The third-order valence-corrected chi connectivity index (χ3v) is 3.03. The average molecular weight is 238 g/mol. The number of fused-ring (bicyclic) bond motifs is 1. The molecule has 0 radical (unpaired) electrons. The molecule has 0 spiro atoms. The van der Waals surface area contributed by atoms with Gasteiger partial charge in [-0.05, 0) is 19.1 Å². The second-order valence-electron chi connectivity index (χ2n) is 3.56. The largest absolute Gasteiger partial charge is 0.486 e. The molecule has 16 heavy (non-hydrogen) atoms. The lowest BCUT2D eigenvalue weighted by Crippen LogP contribution is -2.18. The van der Waals surface area contributed by atoms with E-state index in [-0.39, 0.29) is 6.10 Å². The maximum absolute atomic E-state index is 5.99. The molecule has 2 aromatic rings. The number of anilines is 1. The third-order valence-electron chi connectivity index (χ3n) is 2.23. The van der Waals surface area contributed by atoms with Crippen molar-refractivity contribution < 1.29 is 9.47 Å². The summed E-state index contributed by atoms with van der Waals surface area (Å²) in [6.45, 7) is 2.47. The van der Waals surface area contributed by atoms with E-state index in [1.54, 1.807) is 24.0 Å². The number of rotatable bonds is 4. The summed E-state index contributed by atoms with van der Waals surface area (Å²) in [5.41, 5.74) is 9.18. The monoisotopic (exact) mass is 238 g/mol. The number of nitrogens with zero attached hydrogens (tertiary/aromatic N) is 1. The van der Waals surface area contributed by atoms with Crippen LogP contribution in [0.4, 0.5) is 5.69 Å². The zero-order valence-electron chi connectivity index (χ0n) is 9.27. The highest BCUT2D eigenvalue weighted by molar-refractivity contribution is 7.16. The first kappa shape index (κ1) is 11.2. The van der Waals surface area contributed by atoms with Crippen molar-refractivity contribution in [3.05, 3.63) is 17.6 Å². The SMILES string of the molecule is COCC(C)Oc1ccc2scnc2c1N. The van der Waals surface area contributed by atoms with Crippen molar-refractivity contribution in [2.45, 2.75) is 13.0 Å². The molecule has 4 nitrogen and oxygen atoms in total. The molecule has 0 aliphatic rings. The van der Waals surface area contributed by atoms with Crippen LogP contribution in [0.3, 0.4) is 0 Å². The lowest BCUT2D eigenvalue weighted by Gasteiger charge is -2.15. The Morgan fingerprint density at radius 1 is 1.50 bits per heavy atom. The first-order valence-corrected chi connectivity index (χ1v) is 5.87. The zero-order chi connectivity index (χ0) is 11.5. The van der Waals surface area contributed by atoms with E-state index in [1.165, 1.54) is 0 Å². The number of hydrogen-bond acceptors (Lipinski definition) is 5. The highest BCUT2D eigenvalue weighted by Crippen LogP contribution is 2.32. The second kappa shape index (κ2) is 4.67. The minimum atomic E-state index is -0.0246. The first-order valence-electron chi connectivity index (χ1n) is 4.99.